The predicted octanol–water partition coefficient (Wildman–Crippen LogP) is 7.55. The fourth-order valence-corrected chi connectivity index (χ4v) is 7.15. The van der Waals surface area contributed by atoms with Gasteiger partial charge in [0.25, 0.3) is 0 Å². The van der Waals surface area contributed by atoms with E-state index in [9.17, 15) is 0 Å². The second kappa shape index (κ2) is 18.0. The van der Waals surface area contributed by atoms with Gasteiger partial charge >= 0.3 is 0 Å². The summed E-state index contributed by atoms with van der Waals surface area (Å²) in [5, 5.41) is 0. The van der Waals surface area contributed by atoms with Crippen molar-refractivity contribution in [3.63, 3.8) is 0 Å². The number of piperidine rings is 1. The van der Waals surface area contributed by atoms with Crippen LogP contribution in [0.5, 0.6) is 46.0 Å². The van der Waals surface area contributed by atoms with Crippen LogP contribution in [0.15, 0.2) is 79.1 Å². The van der Waals surface area contributed by atoms with Gasteiger partial charge in [-0.25, -0.2) is 0 Å². The van der Waals surface area contributed by atoms with Gasteiger partial charge in [-0.1, -0.05) is 0 Å². The second-order valence-corrected chi connectivity index (χ2v) is 13.1. The van der Waals surface area contributed by atoms with Gasteiger partial charge in [0.2, 0.25) is 11.5 Å². The SMILES string of the molecule is COc1cc(OC)cc(N(Cc2ccnc(-c3cc(OC)c(OC)c(OC)c3)c2)C2CCN(Cc3ccnc(-c4cc(OC)c(OC)c(OC)c4)c3)CC2)c1. The van der Waals surface area contributed by atoms with E-state index in [1.165, 1.54) is 5.56 Å². The maximum absolute atomic E-state index is 5.70. The number of hydrogen-bond donors (Lipinski definition) is 0. The first-order valence-electron chi connectivity index (χ1n) is 18.1. The number of rotatable bonds is 16. The number of ether oxygens (including phenoxy) is 8. The zero-order valence-electron chi connectivity index (χ0n) is 32.9. The van der Waals surface area contributed by atoms with Crippen LogP contribution >= 0.6 is 0 Å². The number of likely N-dealkylation sites (tertiary alicyclic amines) is 1. The molecule has 0 unspecified atom stereocenters. The number of aromatic nitrogens is 2. The van der Waals surface area contributed by atoms with Crippen LogP contribution in [-0.4, -0.2) is 90.9 Å². The molecular formula is C43H50N4O8. The lowest BCUT2D eigenvalue weighted by Crippen LogP contribution is -2.44. The third-order valence-corrected chi connectivity index (χ3v) is 9.99. The lowest BCUT2D eigenvalue weighted by atomic mass is 9.99. The fourth-order valence-electron chi connectivity index (χ4n) is 7.15. The van der Waals surface area contributed by atoms with E-state index in [2.05, 4.69) is 51.2 Å². The molecule has 0 amide bonds. The van der Waals surface area contributed by atoms with Gasteiger partial charge < -0.3 is 42.8 Å². The Labute approximate surface area is 323 Å². The van der Waals surface area contributed by atoms with Crippen molar-refractivity contribution in [2.24, 2.45) is 0 Å². The molecule has 1 fully saturated rings. The Morgan fingerprint density at radius 2 is 1.00 bits per heavy atom. The first-order valence-corrected chi connectivity index (χ1v) is 18.1. The Morgan fingerprint density at radius 1 is 0.545 bits per heavy atom. The zero-order chi connectivity index (χ0) is 38.9. The number of anilines is 1. The van der Waals surface area contributed by atoms with Crippen molar-refractivity contribution >= 4 is 5.69 Å². The third-order valence-electron chi connectivity index (χ3n) is 9.99. The number of hydrogen-bond acceptors (Lipinski definition) is 12. The highest BCUT2D eigenvalue weighted by atomic mass is 16.5. The van der Waals surface area contributed by atoms with Crippen LogP contribution in [0.25, 0.3) is 22.5 Å². The zero-order valence-corrected chi connectivity index (χ0v) is 32.9. The van der Waals surface area contributed by atoms with Crippen LogP contribution in [-0.2, 0) is 13.1 Å². The van der Waals surface area contributed by atoms with Crippen molar-refractivity contribution in [1.82, 2.24) is 14.9 Å². The van der Waals surface area contributed by atoms with Gasteiger partial charge in [-0.05, 0) is 72.5 Å². The van der Waals surface area contributed by atoms with Crippen LogP contribution in [0, 0.1) is 0 Å². The molecule has 55 heavy (non-hydrogen) atoms. The quantitative estimate of drug-likeness (QED) is 0.0995. The molecule has 0 bridgehead atoms. The summed E-state index contributed by atoms with van der Waals surface area (Å²) in [6, 6.07) is 22.4. The van der Waals surface area contributed by atoms with Crippen molar-refractivity contribution < 1.29 is 37.9 Å². The minimum Gasteiger partial charge on any atom is -0.497 e. The summed E-state index contributed by atoms with van der Waals surface area (Å²) in [6.07, 6.45) is 5.64. The van der Waals surface area contributed by atoms with Crippen molar-refractivity contribution in [3.8, 4) is 68.5 Å². The van der Waals surface area contributed by atoms with Gasteiger partial charge in [0, 0.05) is 79.6 Å². The van der Waals surface area contributed by atoms with Crippen LogP contribution in [0.2, 0.25) is 0 Å². The molecule has 0 radical (unpaired) electrons. The lowest BCUT2D eigenvalue weighted by molar-refractivity contribution is 0.201. The molecule has 290 valence electrons. The van der Waals surface area contributed by atoms with E-state index in [1.807, 2.05) is 42.7 Å². The first-order chi connectivity index (χ1) is 26.8. The molecule has 1 aliphatic heterocycles. The summed E-state index contributed by atoms with van der Waals surface area (Å²) in [7, 11) is 13.0. The average molecular weight is 751 g/mol. The molecule has 0 N–H and O–H groups in total. The van der Waals surface area contributed by atoms with Gasteiger partial charge in [0.1, 0.15) is 11.5 Å². The smallest absolute Gasteiger partial charge is 0.203 e. The van der Waals surface area contributed by atoms with E-state index in [1.54, 1.807) is 56.9 Å². The summed E-state index contributed by atoms with van der Waals surface area (Å²) in [6.45, 7) is 3.32. The van der Waals surface area contributed by atoms with Crippen LogP contribution in [0.4, 0.5) is 5.69 Å². The summed E-state index contributed by atoms with van der Waals surface area (Å²) >= 11 is 0. The highest BCUT2D eigenvalue weighted by Crippen LogP contribution is 2.42. The van der Waals surface area contributed by atoms with Gasteiger partial charge in [-0.15, -0.1) is 0 Å². The Bertz CT molecular complexity index is 1990. The van der Waals surface area contributed by atoms with Crippen LogP contribution < -0.4 is 42.8 Å². The summed E-state index contributed by atoms with van der Waals surface area (Å²) < 4.78 is 44.9. The van der Waals surface area contributed by atoms with Crippen LogP contribution in [0.3, 0.4) is 0 Å². The number of pyridine rings is 2. The normalized spacial score (nSPS) is 13.2. The molecular weight excluding hydrogens is 700 g/mol. The molecule has 0 saturated carbocycles. The minimum atomic E-state index is 0.262. The molecule has 3 aromatic carbocycles. The average Bonchev–Trinajstić information content (AvgIpc) is 3.24. The van der Waals surface area contributed by atoms with Gasteiger partial charge in [0.15, 0.2) is 23.0 Å². The number of benzene rings is 3. The lowest BCUT2D eigenvalue weighted by Gasteiger charge is -2.40. The van der Waals surface area contributed by atoms with E-state index < -0.39 is 0 Å². The Hall–Kier alpha value is -5.88. The first kappa shape index (κ1) is 38.8. The minimum absolute atomic E-state index is 0.262. The molecule has 2 aromatic heterocycles. The van der Waals surface area contributed by atoms with E-state index in [-0.39, 0.29) is 6.04 Å². The number of nitrogens with zero attached hydrogens (tertiary/aromatic N) is 4. The summed E-state index contributed by atoms with van der Waals surface area (Å²) in [4.78, 5) is 14.4. The molecule has 0 spiro atoms. The molecule has 12 nitrogen and oxygen atoms in total. The Balaban J connectivity index is 1.23. The standard InChI is InChI=1S/C43H50N4O8/c1-48-34-23-33(24-35(25-34)49-2)47(27-29-10-14-45-37(18-29)31-21-40(52-5)43(55-8)41(22-31)53-6)32-11-15-46(16-12-32)26-28-9-13-44-36(17-28)30-19-38(50-3)42(54-7)39(20-30)51-4/h9-10,13-14,17-25,32H,11-12,15-16,26-27H2,1-8H3. The topological polar surface area (TPSA) is 106 Å². The molecule has 0 atom stereocenters. The van der Waals surface area contributed by atoms with E-state index >= 15 is 0 Å². The molecule has 5 aromatic rings. The van der Waals surface area contributed by atoms with E-state index in [0.29, 0.717) is 41.0 Å². The molecule has 6 rings (SSSR count). The predicted molar refractivity (Wildman–Crippen MR) is 213 cm³/mol. The van der Waals surface area contributed by atoms with Gasteiger partial charge in [0.05, 0.1) is 68.3 Å². The van der Waals surface area contributed by atoms with Gasteiger partial charge in [-0.2, -0.15) is 0 Å². The summed E-state index contributed by atoms with van der Waals surface area (Å²) in [5.74, 6) is 4.90. The summed E-state index contributed by atoms with van der Waals surface area (Å²) in [5.41, 5.74) is 6.73. The Morgan fingerprint density at radius 3 is 1.44 bits per heavy atom. The molecule has 1 saturated heterocycles. The van der Waals surface area contributed by atoms with Crippen molar-refractivity contribution in [3.05, 3.63) is 90.3 Å². The molecule has 3 heterocycles. The van der Waals surface area contributed by atoms with Crippen molar-refractivity contribution in [2.45, 2.75) is 32.0 Å². The van der Waals surface area contributed by atoms with E-state index in [0.717, 1.165) is 77.7 Å². The highest BCUT2D eigenvalue weighted by molar-refractivity contribution is 5.70. The Kier molecular flexibility index (Phi) is 12.7. The number of methoxy groups -OCH3 is 8. The molecule has 12 heteroatoms. The molecule has 0 aliphatic carbocycles. The maximum Gasteiger partial charge on any atom is 0.203 e. The fraction of sp³-hybridized carbons (Fsp3) is 0.349. The van der Waals surface area contributed by atoms with Crippen LogP contribution in [0.1, 0.15) is 24.0 Å². The molecule has 1 aliphatic rings. The maximum atomic E-state index is 5.70. The van der Waals surface area contributed by atoms with Crippen molar-refractivity contribution in [1.29, 1.82) is 0 Å². The highest BCUT2D eigenvalue weighted by Gasteiger charge is 2.27. The third kappa shape index (κ3) is 8.76. The van der Waals surface area contributed by atoms with Gasteiger partial charge in [-0.3, -0.25) is 14.9 Å². The van der Waals surface area contributed by atoms with E-state index in [4.69, 9.17) is 42.9 Å². The second-order valence-electron chi connectivity index (χ2n) is 13.1. The van der Waals surface area contributed by atoms with Crippen molar-refractivity contribution in [2.75, 3.05) is 74.9 Å². The largest absolute Gasteiger partial charge is 0.497 e. The monoisotopic (exact) mass is 750 g/mol.